The van der Waals surface area contributed by atoms with Gasteiger partial charge < -0.3 is 5.32 Å². The molecule has 0 radical (unpaired) electrons. The predicted octanol–water partition coefficient (Wildman–Crippen LogP) is 7.40. The van der Waals surface area contributed by atoms with Crippen molar-refractivity contribution in [2.45, 2.75) is 34.1 Å². The first kappa shape index (κ1) is 21.3. The normalized spacial score (nSPS) is 11.0. The number of anilines is 1. The number of hydrogen-bond donors (Lipinski definition) is 1. The molecule has 0 aliphatic heterocycles. The number of rotatable bonds is 4. The second kappa shape index (κ2) is 8.64. The monoisotopic (exact) mass is 472 g/mol. The minimum atomic E-state index is -0.107. The van der Waals surface area contributed by atoms with Crippen LogP contribution in [-0.4, -0.2) is 10.9 Å². The number of fused-ring (bicyclic) bond motifs is 1. The fraction of sp³-hybridized carbons (Fsp3) is 0.185. The van der Waals surface area contributed by atoms with Gasteiger partial charge in [0.15, 0.2) is 0 Å². The fourth-order valence-electron chi connectivity index (χ4n) is 4.15. The smallest absolute Gasteiger partial charge is 0.256 e. The third kappa shape index (κ3) is 4.13. The number of aryl methyl sites for hydroxylation is 3. The number of carbonyl (C=O) groups excluding carboxylic acids is 1. The number of hydrogen-bond acceptors (Lipinski definition) is 2. The van der Waals surface area contributed by atoms with Crippen LogP contribution < -0.4 is 5.32 Å². The van der Waals surface area contributed by atoms with E-state index in [4.69, 9.17) is 4.98 Å². The van der Waals surface area contributed by atoms with E-state index in [1.165, 1.54) is 0 Å². The predicted molar refractivity (Wildman–Crippen MR) is 133 cm³/mol. The molecule has 3 nitrogen and oxygen atoms in total. The molecule has 0 aliphatic rings. The van der Waals surface area contributed by atoms with E-state index in [0.29, 0.717) is 5.56 Å². The molecule has 4 heteroatoms. The Morgan fingerprint density at radius 1 is 1.00 bits per heavy atom. The maximum Gasteiger partial charge on any atom is 0.256 e. The Labute approximate surface area is 191 Å². The van der Waals surface area contributed by atoms with Gasteiger partial charge >= 0.3 is 0 Å². The van der Waals surface area contributed by atoms with Gasteiger partial charge in [-0.3, -0.25) is 4.79 Å². The molecular weight excluding hydrogens is 448 g/mol. The third-order valence-corrected chi connectivity index (χ3v) is 6.13. The lowest BCUT2D eigenvalue weighted by atomic mass is 9.94. The van der Waals surface area contributed by atoms with Crippen molar-refractivity contribution in [2.24, 2.45) is 0 Å². The van der Waals surface area contributed by atoms with Gasteiger partial charge in [0.05, 0.1) is 16.8 Å². The molecule has 4 aromatic rings. The summed E-state index contributed by atoms with van der Waals surface area (Å²) in [4.78, 5) is 18.7. The van der Waals surface area contributed by atoms with E-state index >= 15 is 0 Å². The van der Waals surface area contributed by atoms with Crippen LogP contribution in [0.3, 0.4) is 0 Å². The zero-order valence-electron chi connectivity index (χ0n) is 18.2. The van der Waals surface area contributed by atoms with Crippen LogP contribution in [0.15, 0.2) is 65.1 Å². The van der Waals surface area contributed by atoms with Crippen molar-refractivity contribution in [3.05, 3.63) is 93.0 Å². The molecule has 1 amide bonds. The van der Waals surface area contributed by atoms with Crippen LogP contribution in [0, 0.1) is 20.8 Å². The molecule has 0 saturated heterocycles. The van der Waals surface area contributed by atoms with Crippen molar-refractivity contribution < 1.29 is 4.79 Å². The minimum Gasteiger partial charge on any atom is -0.322 e. The highest BCUT2D eigenvalue weighted by Gasteiger charge is 2.21. The van der Waals surface area contributed by atoms with Gasteiger partial charge in [-0.1, -0.05) is 64.8 Å². The van der Waals surface area contributed by atoms with E-state index < -0.39 is 0 Å². The summed E-state index contributed by atoms with van der Waals surface area (Å²) in [6, 6.07) is 20.2. The number of carbonyl (C=O) groups is 1. The largest absolute Gasteiger partial charge is 0.322 e. The Balaban J connectivity index is 1.93. The molecule has 1 aromatic heterocycles. The van der Waals surface area contributed by atoms with Crippen LogP contribution in [-0.2, 0) is 6.42 Å². The number of nitrogens with one attached hydrogen (secondary N) is 1. The summed E-state index contributed by atoms with van der Waals surface area (Å²) in [6.45, 7) is 8.19. The van der Waals surface area contributed by atoms with Gasteiger partial charge in [0, 0.05) is 21.1 Å². The van der Waals surface area contributed by atoms with E-state index in [-0.39, 0.29) is 5.91 Å². The molecule has 0 atom stereocenters. The molecule has 1 heterocycles. The van der Waals surface area contributed by atoms with Crippen molar-refractivity contribution in [1.29, 1.82) is 0 Å². The molecular formula is C27H25BrN2O. The average molecular weight is 473 g/mol. The summed E-state index contributed by atoms with van der Waals surface area (Å²) in [5.74, 6) is -0.107. The van der Waals surface area contributed by atoms with Crippen molar-refractivity contribution in [2.75, 3.05) is 5.32 Å². The lowest BCUT2D eigenvalue weighted by Gasteiger charge is -2.17. The molecule has 0 fully saturated rings. The Morgan fingerprint density at radius 3 is 2.45 bits per heavy atom. The lowest BCUT2D eigenvalue weighted by molar-refractivity contribution is 0.102. The Kier molecular flexibility index (Phi) is 5.92. The van der Waals surface area contributed by atoms with Crippen molar-refractivity contribution >= 4 is 38.4 Å². The number of halogens is 1. The standard InChI is InChI=1S/C27H25BrN2O/c1-5-19-15-21(28)11-12-23(19)29-27(31)24-18(4)26(20-9-7-6-8-10-20)30-25-17(3)13-16(2)14-22(24)25/h6-15H,5H2,1-4H3,(H,29,31). The van der Waals surface area contributed by atoms with E-state index in [2.05, 4.69) is 60.2 Å². The molecule has 0 aliphatic carbocycles. The van der Waals surface area contributed by atoms with Crippen LogP contribution in [0.4, 0.5) is 5.69 Å². The van der Waals surface area contributed by atoms with Gasteiger partial charge in [-0.2, -0.15) is 0 Å². The summed E-state index contributed by atoms with van der Waals surface area (Å²) in [5.41, 5.74) is 8.40. The van der Waals surface area contributed by atoms with Gasteiger partial charge in [0.25, 0.3) is 5.91 Å². The number of amides is 1. The second-order valence-electron chi connectivity index (χ2n) is 7.91. The van der Waals surface area contributed by atoms with Crippen LogP contribution in [0.2, 0.25) is 0 Å². The highest BCUT2D eigenvalue weighted by molar-refractivity contribution is 9.10. The average Bonchev–Trinajstić information content (AvgIpc) is 2.75. The highest BCUT2D eigenvalue weighted by Crippen LogP contribution is 2.33. The van der Waals surface area contributed by atoms with E-state index in [9.17, 15) is 4.79 Å². The first-order chi connectivity index (χ1) is 14.9. The second-order valence-corrected chi connectivity index (χ2v) is 8.83. The summed E-state index contributed by atoms with van der Waals surface area (Å²) in [6.07, 6.45) is 0.832. The Morgan fingerprint density at radius 2 is 1.74 bits per heavy atom. The molecule has 0 spiro atoms. The Bertz CT molecular complexity index is 1300. The highest BCUT2D eigenvalue weighted by atomic mass is 79.9. The fourth-order valence-corrected chi connectivity index (χ4v) is 4.55. The third-order valence-electron chi connectivity index (χ3n) is 5.64. The minimum absolute atomic E-state index is 0.107. The van der Waals surface area contributed by atoms with E-state index in [0.717, 1.165) is 61.0 Å². The zero-order valence-corrected chi connectivity index (χ0v) is 19.8. The first-order valence-electron chi connectivity index (χ1n) is 10.5. The van der Waals surface area contributed by atoms with Crippen molar-refractivity contribution in [3.8, 4) is 11.3 Å². The molecule has 0 bridgehead atoms. The first-order valence-corrected chi connectivity index (χ1v) is 11.2. The maximum atomic E-state index is 13.7. The van der Waals surface area contributed by atoms with Crippen molar-refractivity contribution in [1.82, 2.24) is 4.98 Å². The van der Waals surface area contributed by atoms with Gasteiger partial charge in [-0.15, -0.1) is 0 Å². The van der Waals surface area contributed by atoms with E-state index in [1.54, 1.807) is 0 Å². The summed E-state index contributed by atoms with van der Waals surface area (Å²) < 4.78 is 1.01. The molecule has 3 aromatic carbocycles. The quantitative estimate of drug-likeness (QED) is 0.336. The van der Waals surface area contributed by atoms with E-state index in [1.807, 2.05) is 49.4 Å². The molecule has 0 saturated carbocycles. The number of benzene rings is 3. The van der Waals surface area contributed by atoms with Gasteiger partial charge in [-0.05, 0) is 68.1 Å². The molecule has 156 valence electrons. The SMILES string of the molecule is CCc1cc(Br)ccc1NC(=O)c1c(C)c(-c2ccccc2)nc2c(C)cc(C)cc12. The molecule has 0 unspecified atom stereocenters. The molecule has 1 N–H and O–H groups in total. The molecule has 4 rings (SSSR count). The number of pyridine rings is 1. The van der Waals surface area contributed by atoms with Crippen LogP contribution in [0.1, 0.15) is 39.5 Å². The van der Waals surface area contributed by atoms with Gasteiger partial charge in [0.2, 0.25) is 0 Å². The lowest BCUT2D eigenvalue weighted by Crippen LogP contribution is -2.16. The number of nitrogens with zero attached hydrogens (tertiary/aromatic N) is 1. The summed E-state index contributed by atoms with van der Waals surface area (Å²) in [7, 11) is 0. The summed E-state index contributed by atoms with van der Waals surface area (Å²) in [5, 5.41) is 4.06. The Hall–Kier alpha value is -2.98. The van der Waals surface area contributed by atoms with Crippen molar-refractivity contribution in [3.63, 3.8) is 0 Å². The van der Waals surface area contributed by atoms with Gasteiger partial charge in [0.1, 0.15) is 0 Å². The van der Waals surface area contributed by atoms with Gasteiger partial charge in [-0.25, -0.2) is 4.98 Å². The topological polar surface area (TPSA) is 42.0 Å². The summed E-state index contributed by atoms with van der Waals surface area (Å²) >= 11 is 3.52. The van der Waals surface area contributed by atoms with Crippen LogP contribution in [0.5, 0.6) is 0 Å². The molecule has 31 heavy (non-hydrogen) atoms. The van der Waals surface area contributed by atoms with Crippen LogP contribution >= 0.6 is 15.9 Å². The maximum absolute atomic E-state index is 13.7. The zero-order chi connectivity index (χ0) is 22.1. The number of aromatic nitrogens is 1. The van der Waals surface area contributed by atoms with Crippen LogP contribution in [0.25, 0.3) is 22.2 Å².